The number of fused-ring (bicyclic) bond motifs is 2. The third-order valence-corrected chi connectivity index (χ3v) is 17.0. The molecule has 3 N–H and O–H groups in total. The number of aliphatic hydroxyl groups excluding tert-OH is 1. The van der Waals surface area contributed by atoms with Gasteiger partial charge in [-0.2, -0.15) is 9.97 Å². The lowest BCUT2D eigenvalue weighted by Gasteiger charge is -2.35. The Bertz CT molecular complexity index is 3510. The molecule has 84 heavy (non-hydrogen) atoms. The Morgan fingerprint density at radius 3 is 2.45 bits per heavy atom. The number of hydrogen-bond acceptors (Lipinski definition) is 17. The number of hydrogen-bond donors (Lipinski definition) is 3. The van der Waals surface area contributed by atoms with Gasteiger partial charge in [0.2, 0.25) is 17.7 Å². The second kappa shape index (κ2) is 26.8. The first-order valence-corrected chi connectivity index (χ1v) is 29.8. The summed E-state index contributed by atoms with van der Waals surface area (Å²) >= 11 is 8.48. The second-order valence-electron chi connectivity index (χ2n) is 22.1. The van der Waals surface area contributed by atoms with Gasteiger partial charge < -0.3 is 53.7 Å². The Morgan fingerprint density at radius 1 is 0.952 bits per heavy atom. The van der Waals surface area contributed by atoms with Gasteiger partial charge in [0.25, 0.3) is 0 Å². The van der Waals surface area contributed by atoms with Gasteiger partial charge in [0.15, 0.2) is 5.82 Å². The molecule has 0 bridgehead atoms. The number of piperidine rings is 1. The van der Waals surface area contributed by atoms with Crippen LogP contribution in [0.2, 0.25) is 5.02 Å². The van der Waals surface area contributed by atoms with E-state index in [0.29, 0.717) is 91.9 Å². The molecule has 3 aliphatic heterocycles. The molecule has 0 spiro atoms. The number of anilines is 1. The Hall–Kier alpha value is -7.27. The summed E-state index contributed by atoms with van der Waals surface area (Å²) in [6.45, 7) is 18.4. The van der Waals surface area contributed by atoms with Crippen molar-refractivity contribution in [1.82, 2.24) is 40.1 Å². The molecule has 7 aromatic rings. The van der Waals surface area contributed by atoms with E-state index in [2.05, 4.69) is 31.9 Å². The minimum absolute atomic E-state index is 0.00881. The average Bonchev–Trinajstić information content (AvgIpc) is 4.42. The van der Waals surface area contributed by atoms with Gasteiger partial charge >= 0.3 is 6.01 Å². The standard InChI is InChI=1S/C62H71ClFN9O10S/c1-7-53(76)71-18-20-72(21-19-71)59-48-31-49(63)55(47-29-43(74)27-40-10-8-9-11-46(40)47)56(64)57(48)67-62(68-59)82-38(5)33-70-16-14-45(15-17-70)80-24-22-79-23-25-81-51-28-41(58-39(6)66-35-84-58)12-13-42(51)32-65-60(77)50-30-44(75)34-73(50)61(78)54(36(2)3)52-26-37(4)69-83-52/h7-13,26-29,31,35-36,38,44-45,50,54,74-75H,1,14-25,30,32-34H2,2-6H3,(H,65,77)/t38-,44-,50+,54+/m1/s1. The number of rotatable bonds is 22. The molecule has 4 atom stereocenters. The molecule has 3 fully saturated rings. The summed E-state index contributed by atoms with van der Waals surface area (Å²) in [6.07, 6.45) is 1.83. The van der Waals surface area contributed by atoms with Gasteiger partial charge in [-0.05, 0) is 91.8 Å². The summed E-state index contributed by atoms with van der Waals surface area (Å²) < 4.78 is 47.7. The molecule has 0 aliphatic carbocycles. The van der Waals surface area contributed by atoms with Crippen molar-refractivity contribution in [3.8, 4) is 39.1 Å². The van der Waals surface area contributed by atoms with Crippen molar-refractivity contribution in [2.75, 3.05) is 83.7 Å². The molecule has 4 aromatic carbocycles. The molecule has 0 unspecified atom stereocenters. The summed E-state index contributed by atoms with van der Waals surface area (Å²) in [6, 6.07) is 18.9. The van der Waals surface area contributed by atoms with E-state index in [1.165, 1.54) is 28.4 Å². The number of carbonyl (C=O) groups is 3. The van der Waals surface area contributed by atoms with Crippen molar-refractivity contribution in [2.45, 2.75) is 90.7 Å². The van der Waals surface area contributed by atoms with Crippen LogP contribution < -0.4 is 19.7 Å². The lowest BCUT2D eigenvalue weighted by Crippen LogP contribution is -2.48. The number of phenolic OH excluding ortho intramolecular Hbond substituents is 1. The van der Waals surface area contributed by atoms with E-state index in [0.717, 1.165) is 53.0 Å². The van der Waals surface area contributed by atoms with Crippen molar-refractivity contribution in [2.24, 2.45) is 5.92 Å². The highest BCUT2D eigenvalue weighted by Gasteiger charge is 2.43. The van der Waals surface area contributed by atoms with Gasteiger partial charge in [0.05, 0.1) is 58.8 Å². The van der Waals surface area contributed by atoms with Crippen LogP contribution in [-0.2, 0) is 30.4 Å². The summed E-state index contributed by atoms with van der Waals surface area (Å²) in [5.74, 6) is -0.887. The van der Waals surface area contributed by atoms with E-state index in [1.54, 1.807) is 35.5 Å². The first-order valence-electron chi connectivity index (χ1n) is 28.6. The molecule has 3 aliphatic rings. The van der Waals surface area contributed by atoms with Gasteiger partial charge in [-0.25, -0.2) is 9.37 Å². The molecule has 10 rings (SSSR count). The molecular weight excluding hydrogens is 1120 g/mol. The van der Waals surface area contributed by atoms with Crippen LogP contribution in [0.5, 0.6) is 17.5 Å². The highest BCUT2D eigenvalue weighted by Crippen LogP contribution is 2.43. The number of thiazole rings is 1. The molecule has 19 nitrogen and oxygen atoms in total. The first-order chi connectivity index (χ1) is 40.5. The van der Waals surface area contributed by atoms with Gasteiger partial charge in [0.1, 0.15) is 53.3 Å². The van der Waals surface area contributed by atoms with Crippen LogP contribution in [0.1, 0.15) is 68.7 Å². The van der Waals surface area contributed by atoms with Crippen LogP contribution in [0.3, 0.4) is 0 Å². The van der Waals surface area contributed by atoms with Crippen molar-refractivity contribution >= 4 is 68.2 Å². The van der Waals surface area contributed by atoms with Crippen LogP contribution in [0.15, 0.2) is 89.4 Å². The minimum Gasteiger partial charge on any atom is -0.508 e. The summed E-state index contributed by atoms with van der Waals surface area (Å²) in [4.78, 5) is 62.7. The Kier molecular flexibility index (Phi) is 19.1. The third-order valence-electron chi connectivity index (χ3n) is 15.7. The second-order valence-corrected chi connectivity index (χ2v) is 23.3. The number of aliphatic hydroxyl groups is 1. The van der Waals surface area contributed by atoms with Crippen LogP contribution in [0.4, 0.5) is 10.2 Å². The fourth-order valence-corrected chi connectivity index (χ4v) is 12.6. The number of carbonyl (C=O) groups excluding carboxylic acids is 3. The van der Waals surface area contributed by atoms with E-state index >= 15 is 4.39 Å². The summed E-state index contributed by atoms with van der Waals surface area (Å²) in [7, 11) is 0. The monoisotopic (exact) mass is 1190 g/mol. The van der Waals surface area contributed by atoms with E-state index in [-0.39, 0.29) is 89.8 Å². The number of piperazine rings is 1. The number of aromatic hydroxyl groups is 1. The average molecular weight is 1190 g/mol. The van der Waals surface area contributed by atoms with Gasteiger partial charge in [0, 0.05) is 87.9 Å². The fourth-order valence-electron chi connectivity index (χ4n) is 11.5. The number of nitrogens with zero attached hydrogens (tertiary/aromatic N) is 8. The van der Waals surface area contributed by atoms with Gasteiger partial charge in [-0.15, -0.1) is 11.3 Å². The number of ether oxygens (including phenoxy) is 4. The number of benzene rings is 4. The topological polar surface area (TPSA) is 218 Å². The van der Waals surface area contributed by atoms with E-state index in [4.69, 9.17) is 40.1 Å². The number of aromatic nitrogens is 4. The normalized spacial score (nSPS) is 17.8. The molecule has 0 saturated carbocycles. The molecule has 3 amide bonds. The zero-order chi connectivity index (χ0) is 59.2. The minimum atomic E-state index is -0.871. The summed E-state index contributed by atoms with van der Waals surface area (Å²) in [5.41, 5.74) is 5.55. The smallest absolute Gasteiger partial charge is 0.319 e. The van der Waals surface area contributed by atoms with Crippen molar-refractivity contribution in [3.63, 3.8) is 0 Å². The van der Waals surface area contributed by atoms with E-state index in [9.17, 15) is 24.6 Å². The highest BCUT2D eigenvalue weighted by molar-refractivity contribution is 7.13. The number of halogens is 2. The maximum atomic E-state index is 17.2. The largest absolute Gasteiger partial charge is 0.508 e. The quantitative estimate of drug-likeness (QED) is 0.0426. The number of amides is 3. The van der Waals surface area contributed by atoms with Crippen LogP contribution in [-0.4, -0.2) is 166 Å². The maximum absolute atomic E-state index is 17.2. The van der Waals surface area contributed by atoms with Crippen LogP contribution in [0, 0.1) is 25.6 Å². The van der Waals surface area contributed by atoms with E-state index in [1.807, 2.05) is 75.1 Å². The molecular formula is C62H71ClFN9O10S. The van der Waals surface area contributed by atoms with E-state index < -0.39 is 23.9 Å². The maximum Gasteiger partial charge on any atom is 0.319 e. The number of likely N-dealkylation sites (tertiary alicyclic amines) is 2. The van der Waals surface area contributed by atoms with Crippen LogP contribution >= 0.6 is 22.9 Å². The molecule has 6 heterocycles. The van der Waals surface area contributed by atoms with Crippen molar-refractivity contribution in [3.05, 3.63) is 118 Å². The fraction of sp³-hybridized carbons (Fsp3) is 0.435. The predicted molar refractivity (Wildman–Crippen MR) is 319 cm³/mol. The number of phenols is 1. The number of aryl methyl sites for hydroxylation is 2. The SMILES string of the molecule is C=CC(=O)N1CCN(c2nc(O[C@H](C)CN3CCC(OCCOCCOc4cc(-c5scnc5C)ccc4CNC(=O)[C@@H]4C[C@@H](O)CN4C(=O)[C@H](c4cc(C)no4)C(C)C)CC3)nc3c(F)c(-c4cc(O)cc5ccccc45)c(Cl)cc23)CC1. The molecule has 22 heteroatoms. The Balaban J connectivity index is 0.714. The molecule has 0 radical (unpaired) electrons. The lowest BCUT2D eigenvalue weighted by molar-refractivity contribution is -0.141. The van der Waals surface area contributed by atoms with Crippen molar-refractivity contribution < 1.29 is 52.5 Å². The first kappa shape index (κ1) is 59.9. The third kappa shape index (κ3) is 13.6. The number of β-amino-alcohol motifs (C(OH)–C–C–N with tert-alkyl or cyclic N) is 1. The molecule has 3 aromatic heterocycles. The molecule has 3 saturated heterocycles. The Morgan fingerprint density at radius 2 is 1.73 bits per heavy atom. The lowest BCUT2D eigenvalue weighted by atomic mass is 9.91. The zero-order valence-electron chi connectivity index (χ0n) is 47.9. The van der Waals surface area contributed by atoms with Crippen LogP contribution in [0.25, 0.3) is 43.2 Å². The summed E-state index contributed by atoms with van der Waals surface area (Å²) in [5, 5.41) is 30.3. The van der Waals surface area contributed by atoms with Gasteiger partial charge in [-0.3, -0.25) is 19.3 Å². The zero-order valence-corrected chi connectivity index (χ0v) is 49.5. The molecule has 444 valence electrons. The predicted octanol–water partition coefficient (Wildman–Crippen LogP) is 8.87. The highest BCUT2D eigenvalue weighted by atomic mass is 35.5. The Labute approximate surface area is 496 Å². The van der Waals surface area contributed by atoms with Crippen molar-refractivity contribution in [1.29, 1.82) is 0 Å². The van der Waals surface area contributed by atoms with Gasteiger partial charge in [-0.1, -0.05) is 73.6 Å². The number of nitrogens with one attached hydrogen (secondary N) is 1.